The van der Waals surface area contributed by atoms with Gasteiger partial charge in [0.15, 0.2) is 0 Å². The molecule has 4 heterocycles. The molecule has 0 radical (unpaired) electrons. The number of allylic oxidation sites excluding steroid dienone is 1. The minimum Gasteiger partial charge on any atom is -0.477 e. The summed E-state index contributed by atoms with van der Waals surface area (Å²) in [5.41, 5.74) is 6.35. The number of nitrogens with two attached hydrogens (primary N) is 1. The first-order chi connectivity index (χ1) is 13.0. The maximum absolute atomic E-state index is 12.1. The standard InChI is InChI=1S/C16H12N4O4S3/c17-10-14(22)20-12(16(23)24)7(6-26-15(10)20)1-4-25-9-5-8(21)11-13(27-9)19-3-2-18-11/h1-5,10,15H,6,17H2,(H,23,24)/b4-1+. The van der Waals surface area contributed by atoms with Crippen LogP contribution in [0.1, 0.15) is 0 Å². The molecule has 0 aromatic carbocycles. The number of thioether (sulfide) groups is 2. The van der Waals surface area contributed by atoms with Gasteiger partial charge in [-0.3, -0.25) is 14.5 Å². The lowest BCUT2D eigenvalue weighted by Gasteiger charge is -2.47. The van der Waals surface area contributed by atoms with Gasteiger partial charge < -0.3 is 10.8 Å². The monoisotopic (exact) mass is 420 g/mol. The fourth-order valence-electron chi connectivity index (χ4n) is 2.78. The van der Waals surface area contributed by atoms with Gasteiger partial charge >= 0.3 is 5.97 Å². The highest BCUT2D eigenvalue weighted by molar-refractivity contribution is 8.04. The van der Waals surface area contributed by atoms with Crippen molar-refractivity contribution in [2.75, 3.05) is 5.75 Å². The summed E-state index contributed by atoms with van der Waals surface area (Å²) in [5.74, 6) is -1.09. The van der Waals surface area contributed by atoms with Crippen LogP contribution in [0.3, 0.4) is 0 Å². The Hall–Kier alpha value is -2.21. The fourth-order valence-corrected chi connectivity index (χ4v) is 5.90. The molecule has 11 heteroatoms. The molecule has 3 N–H and O–H groups in total. The van der Waals surface area contributed by atoms with E-state index < -0.39 is 12.0 Å². The summed E-state index contributed by atoms with van der Waals surface area (Å²) in [7, 11) is 0. The normalized spacial score (nSPS) is 22.3. The van der Waals surface area contributed by atoms with Gasteiger partial charge in [-0.1, -0.05) is 11.8 Å². The van der Waals surface area contributed by atoms with Crippen molar-refractivity contribution in [1.82, 2.24) is 14.9 Å². The van der Waals surface area contributed by atoms with Crippen LogP contribution in [0.5, 0.6) is 0 Å². The molecule has 27 heavy (non-hydrogen) atoms. The number of β-lactam (4-membered cyclic amide) rings is 1. The maximum atomic E-state index is 12.1. The molecule has 0 saturated carbocycles. The van der Waals surface area contributed by atoms with Gasteiger partial charge in [0.25, 0.3) is 0 Å². The Balaban J connectivity index is 1.60. The summed E-state index contributed by atoms with van der Waals surface area (Å²) in [5, 5.41) is 10.9. The van der Waals surface area contributed by atoms with Crippen molar-refractivity contribution in [1.29, 1.82) is 0 Å². The molecule has 1 saturated heterocycles. The summed E-state index contributed by atoms with van der Waals surface area (Å²) >= 11 is 4.05. The molecule has 2 unspecified atom stereocenters. The molecule has 138 valence electrons. The third-order valence-electron chi connectivity index (χ3n) is 4.04. The zero-order valence-corrected chi connectivity index (χ0v) is 16.0. The number of hydrogen-bond acceptors (Lipinski definition) is 9. The summed E-state index contributed by atoms with van der Waals surface area (Å²) < 4.78 is 0.713. The lowest BCUT2D eigenvalue weighted by molar-refractivity contribution is -0.147. The molecule has 2 aromatic rings. The lowest BCUT2D eigenvalue weighted by atomic mass is 10.0. The van der Waals surface area contributed by atoms with Gasteiger partial charge in [0.1, 0.15) is 27.5 Å². The van der Waals surface area contributed by atoms with E-state index in [0.717, 1.165) is 0 Å². The number of carbonyl (C=O) groups excluding carboxylic acids is 1. The molecule has 4 rings (SSSR count). The fraction of sp³-hybridized carbons (Fsp3) is 0.188. The molecule has 0 spiro atoms. The number of carbonyl (C=O) groups is 2. The summed E-state index contributed by atoms with van der Waals surface area (Å²) in [6, 6.07) is 0.826. The van der Waals surface area contributed by atoms with Crippen molar-refractivity contribution in [2.24, 2.45) is 5.73 Å². The van der Waals surface area contributed by atoms with Crippen molar-refractivity contribution >= 4 is 57.1 Å². The van der Waals surface area contributed by atoms with Crippen LogP contribution in [0.2, 0.25) is 0 Å². The Morgan fingerprint density at radius 1 is 1.37 bits per heavy atom. The highest BCUT2D eigenvalue weighted by atomic mass is 32.2. The number of aromatic nitrogens is 2. The van der Waals surface area contributed by atoms with E-state index in [-0.39, 0.29) is 22.4 Å². The van der Waals surface area contributed by atoms with Crippen LogP contribution >= 0.6 is 34.9 Å². The van der Waals surface area contributed by atoms with E-state index in [2.05, 4.69) is 9.97 Å². The molecular formula is C16H12N4O4S3. The highest BCUT2D eigenvalue weighted by Crippen LogP contribution is 2.40. The van der Waals surface area contributed by atoms with E-state index in [9.17, 15) is 19.5 Å². The lowest BCUT2D eigenvalue weighted by Crippen LogP contribution is -2.68. The van der Waals surface area contributed by atoms with Gasteiger partial charge in [-0.25, -0.2) is 14.8 Å². The van der Waals surface area contributed by atoms with Crippen molar-refractivity contribution in [3.05, 3.63) is 51.4 Å². The average molecular weight is 420 g/mol. The number of carboxylic acid groups (broad SMARTS) is 1. The summed E-state index contributed by atoms with van der Waals surface area (Å²) in [6.45, 7) is 0. The quantitative estimate of drug-likeness (QED) is 0.555. The number of aliphatic carboxylic acids is 1. The Labute approximate surface area is 165 Å². The van der Waals surface area contributed by atoms with Crippen molar-refractivity contribution in [3.8, 4) is 0 Å². The minimum atomic E-state index is -1.16. The smallest absolute Gasteiger partial charge is 0.352 e. The van der Waals surface area contributed by atoms with Gasteiger partial charge in [0, 0.05) is 24.2 Å². The predicted molar refractivity (Wildman–Crippen MR) is 104 cm³/mol. The molecule has 2 atom stereocenters. The van der Waals surface area contributed by atoms with Crippen LogP contribution in [-0.2, 0) is 9.59 Å². The van der Waals surface area contributed by atoms with Crippen LogP contribution in [0, 0.1) is 0 Å². The Morgan fingerprint density at radius 3 is 2.93 bits per heavy atom. The van der Waals surface area contributed by atoms with Crippen LogP contribution in [0.15, 0.2) is 50.2 Å². The topological polar surface area (TPSA) is 126 Å². The maximum Gasteiger partial charge on any atom is 0.352 e. The predicted octanol–water partition coefficient (Wildman–Crippen LogP) is 1.24. The number of hydrogen-bond donors (Lipinski definition) is 2. The largest absolute Gasteiger partial charge is 0.477 e. The average Bonchev–Trinajstić information content (AvgIpc) is 2.66. The number of amides is 1. The van der Waals surface area contributed by atoms with Gasteiger partial charge in [0.05, 0.1) is 4.21 Å². The first-order valence-corrected chi connectivity index (χ1v) is 10.5. The second kappa shape index (κ2) is 7.08. The van der Waals surface area contributed by atoms with E-state index in [0.29, 0.717) is 25.9 Å². The molecular weight excluding hydrogens is 408 g/mol. The molecule has 0 aliphatic carbocycles. The van der Waals surface area contributed by atoms with E-state index in [1.165, 1.54) is 58.2 Å². The van der Waals surface area contributed by atoms with Crippen molar-refractivity contribution in [2.45, 2.75) is 15.6 Å². The summed E-state index contributed by atoms with van der Waals surface area (Å²) in [4.78, 5) is 45.6. The Bertz CT molecular complexity index is 1080. The first-order valence-electron chi connectivity index (χ1n) is 7.72. The van der Waals surface area contributed by atoms with E-state index >= 15 is 0 Å². The number of nitrogens with zero attached hydrogens (tertiary/aromatic N) is 3. The zero-order chi connectivity index (χ0) is 19.1. The molecule has 0 bridgehead atoms. The van der Waals surface area contributed by atoms with Gasteiger partial charge in [-0.15, -0.1) is 23.1 Å². The van der Waals surface area contributed by atoms with Crippen molar-refractivity contribution < 1.29 is 14.7 Å². The number of carboxylic acids is 1. The van der Waals surface area contributed by atoms with Crippen LogP contribution < -0.4 is 11.2 Å². The molecule has 8 nitrogen and oxygen atoms in total. The van der Waals surface area contributed by atoms with Crippen LogP contribution in [0.4, 0.5) is 0 Å². The molecule has 1 amide bonds. The van der Waals surface area contributed by atoms with Gasteiger partial charge in [-0.2, -0.15) is 0 Å². The Morgan fingerprint density at radius 2 is 2.15 bits per heavy atom. The van der Waals surface area contributed by atoms with Crippen molar-refractivity contribution in [3.63, 3.8) is 0 Å². The van der Waals surface area contributed by atoms with Crippen LogP contribution in [0.25, 0.3) is 10.3 Å². The van der Waals surface area contributed by atoms with Gasteiger partial charge in [-0.05, 0) is 17.1 Å². The third kappa shape index (κ3) is 3.16. The van der Waals surface area contributed by atoms with E-state index in [1.807, 2.05) is 0 Å². The summed E-state index contributed by atoms with van der Waals surface area (Å²) in [6.07, 6.45) is 4.66. The molecule has 1 fully saturated rings. The van der Waals surface area contributed by atoms with E-state index in [1.54, 1.807) is 11.5 Å². The van der Waals surface area contributed by atoms with E-state index in [4.69, 9.17) is 5.73 Å². The highest BCUT2D eigenvalue weighted by Gasteiger charge is 2.51. The molecule has 2 aliphatic rings. The SMILES string of the molecule is NC1C(=O)N2C(C(=O)O)=C(/C=C/Sc3cc(=O)c4nccnc4s3)CSC12. The number of fused-ring (bicyclic) bond motifs is 2. The van der Waals surface area contributed by atoms with Gasteiger partial charge in [0.2, 0.25) is 11.3 Å². The minimum absolute atomic E-state index is 0.0279. The van der Waals surface area contributed by atoms with Crippen LogP contribution in [-0.4, -0.2) is 49.0 Å². The molecule has 2 aromatic heterocycles. The first kappa shape index (κ1) is 18.2. The second-order valence-electron chi connectivity index (χ2n) is 5.67. The third-order valence-corrected chi connectivity index (χ3v) is 7.33. The second-order valence-corrected chi connectivity index (χ2v) is 9.02. The Kier molecular flexibility index (Phi) is 4.76. The number of rotatable bonds is 4. The molecule has 2 aliphatic heterocycles. The zero-order valence-electron chi connectivity index (χ0n) is 13.6.